The van der Waals surface area contributed by atoms with Crippen molar-refractivity contribution in [2.45, 2.75) is 31.6 Å². The quantitative estimate of drug-likeness (QED) is 0.828. The second-order valence-corrected chi connectivity index (χ2v) is 4.57. The van der Waals surface area contributed by atoms with Gasteiger partial charge in [-0.2, -0.15) is 0 Å². The average Bonchev–Trinajstić information content (AvgIpc) is 2.40. The van der Waals surface area contributed by atoms with E-state index in [4.69, 9.17) is 4.74 Å². The van der Waals surface area contributed by atoms with Crippen molar-refractivity contribution in [2.24, 2.45) is 0 Å². The summed E-state index contributed by atoms with van der Waals surface area (Å²) in [6, 6.07) is 7.31. The first-order chi connectivity index (χ1) is 8.72. The maximum absolute atomic E-state index is 11.5. The van der Waals surface area contributed by atoms with E-state index < -0.39 is 11.9 Å². The van der Waals surface area contributed by atoms with Crippen molar-refractivity contribution in [1.82, 2.24) is 0 Å². The van der Waals surface area contributed by atoms with Gasteiger partial charge in [0, 0.05) is 0 Å². The van der Waals surface area contributed by atoms with E-state index in [1.165, 1.54) is 6.42 Å². The van der Waals surface area contributed by atoms with Crippen molar-refractivity contribution >= 4 is 5.97 Å². The molecule has 1 unspecified atom stereocenters. The fourth-order valence-corrected chi connectivity index (χ4v) is 2.44. The third-order valence-corrected chi connectivity index (χ3v) is 3.39. The smallest absolute Gasteiger partial charge is 0.315 e. The largest absolute Gasteiger partial charge is 0.497 e. The zero-order chi connectivity index (χ0) is 13.0. The molecule has 0 radical (unpaired) electrons. The van der Waals surface area contributed by atoms with Crippen LogP contribution in [0, 0.1) is 0 Å². The Kier molecular flexibility index (Phi) is 4.03. The number of hydrogen-bond donors (Lipinski definition) is 1. The van der Waals surface area contributed by atoms with E-state index in [0.717, 1.165) is 36.1 Å². The predicted molar refractivity (Wildman–Crippen MR) is 69.9 cm³/mol. The van der Waals surface area contributed by atoms with Gasteiger partial charge >= 0.3 is 5.97 Å². The predicted octanol–water partition coefficient (Wildman–Crippen LogP) is 3.36. The van der Waals surface area contributed by atoms with Crippen LogP contribution in [0.5, 0.6) is 5.75 Å². The standard InChI is InChI=1S/C15H18O3/c1-18-13-9-7-12(8-10-13)14(15(16)17)11-5-3-2-4-6-11/h5,7-10,14H,2-4,6H2,1H3,(H,16,17). The van der Waals surface area contributed by atoms with Crippen molar-refractivity contribution in [3.8, 4) is 5.75 Å². The average molecular weight is 246 g/mol. The van der Waals surface area contributed by atoms with Crippen molar-refractivity contribution in [1.29, 1.82) is 0 Å². The van der Waals surface area contributed by atoms with Crippen LogP contribution in [0.4, 0.5) is 0 Å². The summed E-state index contributed by atoms with van der Waals surface area (Å²) in [7, 11) is 1.60. The monoisotopic (exact) mass is 246 g/mol. The number of carboxylic acids is 1. The number of carbonyl (C=O) groups is 1. The summed E-state index contributed by atoms with van der Waals surface area (Å²) in [6.45, 7) is 0. The minimum Gasteiger partial charge on any atom is -0.497 e. The van der Waals surface area contributed by atoms with Crippen molar-refractivity contribution < 1.29 is 14.6 Å². The fourth-order valence-electron chi connectivity index (χ4n) is 2.44. The molecule has 1 aliphatic carbocycles. The summed E-state index contributed by atoms with van der Waals surface area (Å²) < 4.78 is 5.09. The number of rotatable bonds is 4. The maximum Gasteiger partial charge on any atom is 0.315 e. The number of aliphatic carboxylic acids is 1. The van der Waals surface area contributed by atoms with E-state index in [-0.39, 0.29) is 0 Å². The van der Waals surface area contributed by atoms with Crippen LogP contribution in [-0.4, -0.2) is 18.2 Å². The van der Waals surface area contributed by atoms with Gasteiger partial charge in [0.05, 0.1) is 7.11 Å². The van der Waals surface area contributed by atoms with E-state index >= 15 is 0 Å². The molecule has 0 aromatic heterocycles. The molecule has 0 aliphatic heterocycles. The number of methoxy groups -OCH3 is 1. The zero-order valence-corrected chi connectivity index (χ0v) is 10.6. The lowest BCUT2D eigenvalue weighted by Gasteiger charge is -2.20. The summed E-state index contributed by atoms with van der Waals surface area (Å²) in [6.07, 6.45) is 6.23. The lowest BCUT2D eigenvalue weighted by Crippen LogP contribution is -2.15. The van der Waals surface area contributed by atoms with Gasteiger partial charge in [0.2, 0.25) is 0 Å². The molecule has 96 valence electrons. The van der Waals surface area contributed by atoms with E-state index in [2.05, 4.69) is 6.08 Å². The van der Waals surface area contributed by atoms with Gasteiger partial charge in [-0.1, -0.05) is 23.8 Å². The van der Waals surface area contributed by atoms with E-state index in [1.54, 1.807) is 7.11 Å². The summed E-state index contributed by atoms with van der Waals surface area (Å²) in [5.74, 6) is -0.523. The molecule has 0 fully saturated rings. The Balaban J connectivity index is 2.28. The third-order valence-electron chi connectivity index (χ3n) is 3.39. The molecule has 0 bridgehead atoms. The van der Waals surface area contributed by atoms with Crippen LogP contribution in [-0.2, 0) is 4.79 Å². The molecule has 2 rings (SSSR count). The minimum absolute atomic E-state index is 0.504. The first-order valence-corrected chi connectivity index (χ1v) is 6.28. The van der Waals surface area contributed by atoms with Gasteiger partial charge in [-0.3, -0.25) is 4.79 Å². The molecule has 0 saturated heterocycles. The SMILES string of the molecule is COc1ccc(C(C(=O)O)C2=CCCCC2)cc1. The second kappa shape index (κ2) is 5.71. The van der Waals surface area contributed by atoms with Gasteiger partial charge in [-0.15, -0.1) is 0 Å². The lowest BCUT2D eigenvalue weighted by atomic mass is 9.84. The number of allylic oxidation sites excluding steroid dienone is 1. The van der Waals surface area contributed by atoms with Crippen molar-refractivity contribution in [3.63, 3.8) is 0 Å². The van der Waals surface area contributed by atoms with Gasteiger partial charge in [-0.05, 0) is 43.4 Å². The second-order valence-electron chi connectivity index (χ2n) is 4.57. The molecule has 3 nitrogen and oxygen atoms in total. The maximum atomic E-state index is 11.5. The van der Waals surface area contributed by atoms with Crippen LogP contribution < -0.4 is 4.74 Å². The highest BCUT2D eigenvalue weighted by Crippen LogP contribution is 2.32. The normalized spacial score (nSPS) is 16.8. The van der Waals surface area contributed by atoms with Crippen LogP contribution in [0.3, 0.4) is 0 Å². The molecule has 18 heavy (non-hydrogen) atoms. The van der Waals surface area contributed by atoms with Crippen LogP contribution in [0.2, 0.25) is 0 Å². The highest BCUT2D eigenvalue weighted by Gasteiger charge is 2.25. The van der Waals surface area contributed by atoms with Crippen LogP contribution in [0.1, 0.15) is 37.2 Å². The molecule has 1 aliphatic rings. The molecule has 1 atom stereocenters. The number of carboxylic acid groups (broad SMARTS) is 1. The molecular weight excluding hydrogens is 228 g/mol. The molecule has 1 aromatic rings. The first kappa shape index (κ1) is 12.7. The highest BCUT2D eigenvalue weighted by atomic mass is 16.5. The molecule has 0 heterocycles. The zero-order valence-electron chi connectivity index (χ0n) is 10.6. The van der Waals surface area contributed by atoms with Gasteiger partial charge in [0.1, 0.15) is 11.7 Å². The molecule has 0 saturated carbocycles. The van der Waals surface area contributed by atoms with E-state index in [9.17, 15) is 9.90 Å². The van der Waals surface area contributed by atoms with Gasteiger partial charge in [0.15, 0.2) is 0 Å². The number of benzene rings is 1. The van der Waals surface area contributed by atoms with Gasteiger partial charge < -0.3 is 9.84 Å². The minimum atomic E-state index is -0.770. The Labute approximate surface area is 107 Å². The van der Waals surface area contributed by atoms with Crippen LogP contribution in [0.15, 0.2) is 35.9 Å². The number of ether oxygens (including phenoxy) is 1. The molecule has 0 spiro atoms. The summed E-state index contributed by atoms with van der Waals surface area (Å²) in [5, 5.41) is 9.43. The lowest BCUT2D eigenvalue weighted by molar-refractivity contribution is -0.137. The molecule has 3 heteroatoms. The molecular formula is C15H18O3. The first-order valence-electron chi connectivity index (χ1n) is 6.28. The summed E-state index contributed by atoms with van der Waals surface area (Å²) in [5.41, 5.74) is 1.87. The Morgan fingerprint density at radius 2 is 2.00 bits per heavy atom. The number of hydrogen-bond acceptors (Lipinski definition) is 2. The van der Waals surface area contributed by atoms with Gasteiger partial charge in [0.25, 0.3) is 0 Å². The highest BCUT2D eigenvalue weighted by molar-refractivity contribution is 5.80. The Hall–Kier alpha value is -1.77. The van der Waals surface area contributed by atoms with Crippen molar-refractivity contribution in [3.05, 3.63) is 41.5 Å². The topological polar surface area (TPSA) is 46.5 Å². The fraction of sp³-hybridized carbons (Fsp3) is 0.400. The molecule has 1 aromatic carbocycles. The Morgan fingerprint density at radius 1 is 1.28 bits per heavy atom. The molecule has 0 amide bonds. The molecule has 1 N–H and O–H groups in total. The van der Waals surface area contributed by atoms with Crippen LogP contribution >= 0.6 is 0 Å². The van der Waals surface area contributed by atoms with E-state index in [0.29, 0.717) is 0 Å². The van der Waals surface area contributed by atoms with E-state index in [1.807, 2.05) is 24.3 Å². The summed E-state index contributed by atoms with van der Waals surface area (Å²) in [4.78, 5) is 11.5. The third kappa shape index (κ3) is 2.73. The van der Waals surface area contributed by atoms with Crippen molar-refractivity contribution in [2.75, 3.05) is 7.11 Å². The summed E-state index contributed by atoms with van der Waals surface area (Å²) >= 11 is 0. The van der Waals surface area contributed by atoms with Crippen LogP contribution in [0.25, 0.3) is 0 Å². The Morgan fingerprint density at radius 3 is 2.50 bits per heavy atom. The Bertz CT molecular complexity index is 445. The van der Waals surface area contributed by atoms with Gasteiger partial charge in [-0.25, -0.2) is 0 Å².